The normalized spacial score (nSPS) is 17.9. The molecule has 1 atom stereocenters. The van der Waals surface area contributed by atoms with Crippen molar-refractivity contribution in [2.24, 2.45) is 0 Å². The number of benzene rings is 2. The predicted molar refractivity (Wildman–Crippen MR) is 125 cm³/mol. The fourth-order valence-corrected chi connectivity index (χ4v) is 3.80. The second-order valence-electron chi connectivity index (χ2n) is 8.29. The molecule has 1 saturated heterocycles. The number of amides is 1. The summed E-state index contributed by atoms with van der Waals surface area (Å²) >= 11 is 0. The minimum absolute atomic E-state index is 0.122. The Labute approximate surface area is 190 Å². The van der Waals surface area contributed by atoms with Crippen molar-refractivity contribution in [3.8, 4) is 5.75 Å². The van der Waals surface area contributed by atoms with Gasteiger partial charge in [-0.3, -0.25) is 9.59 Å². The Hall–Kier alpha value is -3.12. The number of ketones is 1. The summed E-state index contributed by atoms with van der Waals surface area (Å²) < 4.78 is 5.80. The summed E-state index contributed by atoms with van der Waals surface area (Å²) in [7, 11) is 3.83. The number of nitrogens with zero attached hydrogens (tertiary/aromatic N) is 2. The van der Waals surface area contributed by atoms with Crippen molar-refractivity contribution in [1.82, 2.24) is 9.80 Å². The lowest BCUT2D eigenvalue weighted by Gasteiger charge is -2.26. The van der Waals surface area contributed by atoms with Gasteiger partial charge in [-0.1, -0.05) is 62.2 Å². The molecular formula is C26H32N2O4. The van der Waals surface area contributed by atoms with Crippen LogP contribution in [0, 0.1) is 0 Å². The van der Waals surface area contributed by atoms with Gasteiger partial charge in [-0.2, -0.15) is 0 Å². The Kier molecular flexibility index (Phi) is 8.06. The summed E-state index contributed by atoms with van der Waals surface area (Å²) in [5.41, 5.74) is 1.40. The van der Waals surface area contributed by atoms with E-state index in [0.29, 0.717) is 25.3 Å². The van der Waals surface area contributed by atoms with Crippen LogP contribution in [0.3, 0.4) is 0 Å². The molecule has 1 aliphatic heterocycles. The molecule has 0 spiro atoms. The number of aliphatic hydroxyl groups is 1. The smallest absolute Gasteiger partial charge is 0.295 e. The van der Waals surface area contributed by atoms with Crippen molar-refractivity contribution in [2.75, 3.05) is 33.8 Å². The van der Waals surface area contributed by atoms with Crippen LogP contribution in [0.25, 0.3) is 5.76 Å². The molecule has 0 aliphatic carbocycles. The average molecular weight is 437 g/mol. The van der Waals surface area contributed by atoms with E-state index in [9.17, 15) is 14.7 Å². The van der Waals surface area contributed by atoms with E-state index >= 15 is 0 Å². The van der Waals surface area contributed by atoms with Gasteiger partial charge >= 0.3 is 0 Å². The molecule has 6 heteroatoms. The quantitative estimate of drug-likeness (QED) is 0.261. The van der Waals surface area contributed by atoms with Crippen molar-refractivity contribution in [3.63, 3.8) is 0 Å². The molecule has 1 amide bonds. The second-order valence-corrected chi connectivity index (χ2v) is 8.29. The first-order valence-electron chi connectivity index (χ1n) is 11.1. The van der Waals surface area contributed by atoms with Crippen molar-refractivity contribution in [2.45, 2.75) is 32.2 Å². The molecule has 1 aliphatic rings. The predicted octanol–water partition coefficient (Wildman–Crippen LogP) is 4.24. The van der Waals surface area contributed by atoms with Gasteiger partial charge in [-0.05, 0) is 38.2 Å². The van der Waals surface area contributed by atoms with Crippen molar-refractivity contribution < 1.29 is 19.4 Å². The summed E-state index contributed by atoms with van der Waals surface area (Å²) in [6.45, 7) is 3.79. The number of rotatable bonds is 10. The Morgan fingerprint density at radius 2 is 1.72 bits per heavy atom. The number of unbranched alkanes of at least 4 members (excludes halogenated alkanes) is 2. The molecule has 32 heavy (non-hydrogen) atoms. The van der Waals surface area contributed by atoms with E-state index < -0.39 is 17.7 Å². The molecule has 6 nitrogen and oxygen atoms in total. The highest BCUT2D eigenvalue weighted by atomic mass is 16.5. The minimum Gasteiger partial charge on any atom is -0.507 e. The maximum absolute atomic E-state index is 13.0. The highest BCUT2D eigenvalue weighted by molar-refractivity contribution is 6.46. The number of likely N-dealkylation sites (N-methyl/N-ethyl adjacent to an activating group) is 1. The Bertz CT molecular complexity index is 952. The second kappa shape index (κ2) is 11.0. The van der Waals surface area contributed by atoms with Gasteiger partial charge in [0.05, 0.1) is 18.2 Å². The van der Waals surface area contributed by atoms with Crippen LogP contribution in [0.4, 0.5) is 0 Å². The molecular weight excluding hydrogens is 404 g/mol. The van der Waals surface area contributed by atoms with Crippen LogP contribution in [0.15, 0.2) is 60.2 Å². The lowest BCUT2D eigenvalue weighted by Crippen LogP contribution is -2.35. The fourth-order valence-electron chi connectivity index (χ4n) is 3.80. The van der Waals surface area contributed by atoms with Gasteiger partial charge < -0.3 is 19.6 Å². The zero-order valence-electron chi connectivity index (χ0n) is 19.1. The first-order chi connectivity index (χ1) is 15.4. The van der Waals surface area contributed by atoms with Gasteiger partial charge in [0.15, 0.2) is 0 Å². The summed E-state index contributed by atoms with van der Waals surface area (Å²) in [5.74, 6) is -0.649. The number of aliphatic hydroxyl groups excluding tert-OH is 1. The standard InChI is InChI=1S/C26H32N2O4/c1-4-5-9-18-32-21-14-12-19(13-15-21)23-22(24(29)20-10-7-6-8-11-20)25(30)26(31)28(23)17-16-27(2)3/h6-8,10-15,23,29H,4-5,9,16-18H2,1-3H3/b24-22+. The lowest BCUT2D eigenvalue weighted by molar-refractivity contribution is -0.140. The Morgan fingerprint density at radius 3 is 2.34 bits per heavy atom. The van der Waals surface area contributed by atoms with Gasteiger partial charge in [0, 0.05) is 18.7 Å². The largest absolute Gasteiger partial charge is 0.507 e. The summed E-state index contributed by atoms with van der Waals surface area (Å²) in [6.07, 6.45) is 3.26. The third kappa shape index (κ3) is 5.37. The summed E-state index contributed by atoms with van der Waals surface area (Å²) in [5, 5.41) is 11.0. The third-order valence-corrected chi connectivity index (χ3v) is 5.59. The molecule has 1 unspecified atom stereocenters. The molecule has 1 heterocycles. The van der Waals surface area contributed by atoms with Crippen LogP contribution in [0.2, 0.25) is 0 Å². The maximum atomic E-state index is 13.0. The van der Waals surface area contributed by atoms with E-state index in [1.54, 1.807) is 29.2 Å². The van der Waals surface area contributed by atoms with Crippen LogP contribution >= 0.6 is 0 Å². The highest BCUT2D eigenvalue weighted by Crippen LogP contribution is 2.39. The lowest BCUT2D eigenvalue weighted by atomic mass is 9.95. The Morgan fingerprint density at radius 1 is 1.03 bits per heavy atom. The number of ether oxygens (including phenoxy) is 1. The van der Waals surface area contributed by atoms with Gasteiger partial charge in [-0.15, -0.1) is 0 Å². The zero-order chi connectivity index (χ0) is 23.1. The van der Waals surface area contributed by atoms with Crippen LogP contribution in [-0.4, -0.2) is 60.4 Å². The van der Waals surface area contributed by atoms with E-state index in [0.717, 1.165) is 30.6 Å². The molecule has 3 rings (SSSR count). The fraction of sp³-hybridized carbons (Fsp3) is 0.385. The highest BCUT2D eigenvalue weighted by Gasteiger charge is 2.45. The third-order valence-electron chi connectivity index (χ3n) is 5.59. The summed E-state index contributed by atoms with van der Waals surface area (Å²) in [6, 6.07) is 15.7. The van der Waals surface area contributed by atoms with Crippen molar-refractivity contribution in [1.29, 1.82) is 0 Å². The number of carbonyl (C=O) groups is 2. The zero-order valence-corrected chi connectivity index (χ0v) is 19.1. The number of Topliss-reactive ketones (excluding diaryl/α,β-unsaturated/α-hetero) is 1. The number of carbonyl (C=O) groups excluding carboxylic acids is 2. The Balaban J connectivity index is 1.96. The van der Waals surface area contributed by atoms with Crippen LogP contribution < -0.4 is 4.74 Å². The van der Waals surface area contributed by atoms with Crippen molar-refractivity contribution >= 4 is 17.4 Å². The number of hydrogen-bond donors (Lipinski definition) is 1. The molecule has 1 N–H and O–H groups in total. The minimum atomic E-state index is -0.657. The van der Waals surface area contributed by atoms with Crippen molar-refractivity contribution in [3.05, 3.63) is 71.3 Å². The molecule has 0 bridgehead atoms. The van der Waals surface area contributed by atoms with E-state index in [2.05, 4.69) is 6.92 Å². The van der Waals surface area contributed by atoms with Crippen LogP contribution in [0.1, 0.15) is 43.4 Å². The molecule has 2 aromatic carbocycles. The van der Waals surface area contributed by atoms with E-state index in [1.807, 2.05) is 49.3 Å². The maximum Gasteiger partial charge on any atom is 0.295 e. The number of likely N-dealkylation sites (tertiary alicyclic amines) is 1. The topological polar surface area (TPSA) is 70.1 Å². The van der Waals surface area contributed by atoms with Gasteiger partial charge in [0.1, 0.15) is 11.5 Å². The van der Waals surface area contributed by atoms with E-state index in [4.69, 9.17) is 4.74 Å². The molecule has 2 aromatic rings. The first-order valence-corrected chi connectivity index (χ1v) is 11.1. The SMILES string of the molecule is CCCCCOc1ccc(C2/C(=C(\O)c3ccccc3)C(=O)C(=O)N2CCN(C)C)cc1. The van der Waals surface area contributed by atoms with Crippen LogP contribution in [0.5, 0.6) is 5.75 Å². The molecule has 0 saturated carbocycles. The summed E-state index contributed by atoms with van der Waals surface area (Å²) in [4.78, 5) is 29.4. The monoisotopic (exact) mass is 436 g/mol. The number of hydrogen-bond acceptors (Lipinski definition) is 5. The average Bonchev–Trinajstić information content (AvgIpc) is 3.06. The van der Waals surface area contributed by atoms with Gasteiger partial charge in [0.2, 0.25) is 0 Å². The van der Waals surface area contributed by atoms with Gasteiger partial charge in [0.25, 0.3) is 11.7 Å². The molecule has 170 valence electrons. The van der Waals surface area contributed by atoms with Crippen LogP contribution in [-0.2, 0) is 9.59 Å². The first kappa shape index (κ1) is 23.5. The van der Waals surface area contributed by atoms with E-state index in [1.165, 1.54) is 0 Å². The molecule has 0 aromatic heterocycles. The molecule has 1 fully saturated rings. The van der Waals surface area contributed by atoms with Gasteiger partial charge in [-0.25, -0.2) is 0 Å². The van der Waals surface area contributed by atoms with E-state index in [-0.39, 0.29) is 11.3 Å². The molecule has 0 radical (unpaired) electrons.